The molecule has 110 valence electrons. The first-order chi connectivity index (χ1) is 9.81. The number of ether oxygens (including phenoxy) is 1. The van der Waals surface area contributed by atoms with Gasteiger partial charge in [0.1, 0.15) is 0 Å². The summed E-state index contributed by atoms with van der Waals surface area (Å²) in [4.78, 5) is 13.9. The van der Waals surface area contributed by atoms with Gasteiger partial charge in [0, 0.05) is 33.2 Å². The number of nitrogens with one attached hydrogen (secondary N) is 1. The first kappa shape index (κ1) is 15.0. The topological polar surface area (TPSA) is 41.6 Å². The molecular formula is C16H24N2O2. The predicted molar refractivity (Wildman–Crippen MR) is 79.5 cm³/mol. The van der Waals surface area contributed by atoms with Crippen molar-refractivity contribution in [2.75, 3.05) is 33.4 Å². The molecule has 0 spiro atoms. The maximum Gasteiger partial charge on any atom is 0.223 e. The molecule has 0 aliphatic carbocycles. The predicted octanol–water partition coefficient (Wildman–Crippen LogP) is 1.98. The summed E-state index contributed by atoms with van der Waals surface area (Å²) < 4.78 is 5.26. The van der Waals surface area contributed by atoms with E-state index in [2.05, 4.69) is 17.4 Å². The molecule has 1 aliphatic rings. The zero-order valence-corrected chi connectivity index (χ0v) is 12.2. The van der Waals surface area contributed by atoms with Gasteiger partial charge in [-0.25, -0.2) is 0 Å². The summed E-state index contributed by atoms with van der Waals surface area (Å²) in [7, 11) is 1.70. The lowest BCUT2D eigenvalue weighted by Crippen LogP contribution is -2.33. The molecule has 1 unspecified atom stereocenters. The van der Waals surface area contributed by atoms with Crippen molar-refractivity contribution in [2.24, 2.45) is 0 Å². The number of benzene rings is 1. The van der Waals surface area contributed by atoms with Crippen LogP contribution in [0.5, 0.6) is 0 Å². The molecule has 0 radical (unpaired) electrons. The van der Waals surface area contributed by atoms with Gasteiger partial charge in [-0.3, -0.25) is 4.79 Å². The van der Waals surface area contributed by atoms with Crippen LogP contribution in [0.4, 0.5) is 0 Å². The molecule has 0 aromatic heterocycles. The Morgan fingerprint density at radius 2 is 2.00 bits per heavy atom. The molecule has 1 saturated heterocycles. The van der Waals surface area contributed by atoms with E-state index < -0.39 is 0 Å². The van der Waals surface area contributed by atoms with Gasteiger partial charge in [-0.15, -0.1) is 0 Å². The van der Waals surface area contributed by atoms with Gasteiger partial charge in [-0.1, -0.05) is 30.3 Å². The van der Waals surface area contributed by atoms with Crippen LogP contribution in [0.1, 0.15) is 30.9 Å². The van der Waals surface area contributed by atoms with Crippen molar-refractivity contribution in [1.82, 2.24) is 10.2 Å². The first-order valence-electron chi connectivity index (χ1n) is 7.36. The number of carbonyl (C=O) groups is 1. The molecular weight excluding hydrogens is 252 g/mol. The summed E-state index contributed by atoms with van der Waals surface area (Å²) in [6.45, 7) is 3.16. The zero-order chi connectivity index (χ0) is 14.2. The Morgan fingerprint density at radius 3 is 2.65 bits per heavy atom. The maximum absolute atomic E-state index is 12.0. The molecule has 4 nitrogen and oxygen atoms in total. The second kappa shape index (κ2) is 8.02. The van der Waals surface area contributed by atoms with E-state index in [1.54, 1.807) is 7.11 Å². The van der Waals surface area contributed by atoms with Gasteiger partial charge in [-0.2, -0.15) is 0 Å². The van der Waals surface area contributed by atoms with E-state index in [0.29, 0.717) is 19.6 Å². The molecule has 1 N–H and O–H groups in total. The van der Waals surface area contributed by atoms with Crippen LogP contribution in [0.3, 0.4) is 0 Å². The maximum atomic E-state index is 12.0. The Balaban J connectivity index is 1.79. The van der Waals surface area contributed by atoms with Crippen molar-refractivity contribution >= 4 is 5.91 Å². The SMILES string of the molecule is COCC(NCCC(=O)N1CCCC1)c1ccccc1. The number of rotatable bonds is 7. The fourth-order valence-electron chi connectivity index (χ4n) is 2.60. The minimum atomic E-state index is 0.146. The monoisotopic (exact) mass is 276 g/mol. The van der Waals surface area contributed by atoms with Gasteiger partial charge in [0.25, 0.3) is 0 Å². The third-order valence-electron chi connectivity index (χ3n) is 3.72. The lowest BCUT2D eigenvalue weighted by molar-refractivity contribution is -0.130. The Labute approximate surface area is 121 Å². The van der Waals surface area contributed by atoms with Crippen molar-refractivity contribution in [3.05, 3.63) is 35.9 Å². The first-order valence-corrected chi connectivity index (χ1v) is 7.36. The lowest BCUT2D eigenvalue weighted by Gasteiger charge is -2.20. The molecule has 0 bridgehead atoms. The minimum absolute atomic E-state index is 0.146. The molecule has 1 aromatic carbocycles. The second-order valence-electron chi connectivity index (χ2n) is 5.21. The number of amides is 1. The zero-order valence-electron chi connectivity index (χ0n) is 12.2. The van der Waals surface area contributed by atoms with Crippen molar-refractivity contribution in [3.63, 3.8) is 0 Å². The quantitative estimate of drug-likeness (QED) is 0.828. The molecule has 1 atom stereocenters. The van der Waals surface area contributed by atoms with Crippen LogP contribution in [0.2, 0.25) is 0 Å². The van der Waals surface area contributed by atoms with Crippen LogP contribution >= 0.6 is 0 Å². The van der Waals surface area contributed by atoms with Crippen LogP contribution < -0.4 is 5.32 Å². The van der Waals surface area contributed by atoms with Gasteiger partial charge in [0.15, 0.2) is 0 Å². The number of carbonyl (C=O) groups excluding carboxylic acids is 1. The smallest absolute Gasteiger partial charge is 0.223 e. The number of nitrogens with zero attached hydrogens (tertiary/aromatic N) is 1. The van der Waals surface area contributed by atoms with E-state index in [-0.39, 0.29) is 11.9 Å². The van der Waals surface area contributed by atoms with Crippen LogP contribution in [-0.4, -0.2) is 44.2 Å². The Hall–Kier alpha value is -1.39. The number of hydrogen-bond donors (Lipinski definition) is 1. The Kier molecular flexibility index (Phi) is 6.02. The molecule has 1 aromatic rings. The average Bonchev–Trinajstić information content (AvgIpc) is 3.01. The Bertz CT molecular complexity index is 402. The van der Waals surface area contributed by atoms with Gasteiger partial charge in [0.2, 0.25) is 5.91 Å². The van der Waals surface area contributed by atoms with E-state index in [1.165, 1.54) is 5.56 Å². The number of methoxy groups -OCH3 is 1. The molecule has 1 amide bonds. The minimum Gasteiger partial charge on any atom is -0.383 e. The number of hydrogen-bond acceptors (Lipinski definition) is 3. The third kappa shape index (κ3) is 4.32. The standard InChI is InChI=1S/C16H24N2O2/c1-20-13-15(14-7-3-2-4-8-14)17-10-9-16(19)18-11-5-6-12-18/h2-4,7-8,15,17H,5-6,9-13H2,1H3. The van der Waals surface area contributed by atoms with Crippen molar-refractivity contribution in [1.29, 1.82) is 0 Å². The van der Waals surface area contributed by atoms with Crippen molar-refractivity contribution < 1.29 is 9.53 Å². The highest BCUT2D eigenvalue weighted by Crippen LogP contribution is 2.13. The normalized spacial score (nSPS) is 16.4. The fourth-order valence-corrected chi connectivity index (χ4v) is 2.60. The van der Waals surface area contributed by atoms with Crippen molar-refractivity contribution in [3.8, 4) is 0 Å². The molecule has 2 rings (SSSR count). The number of likely N-dealkylation sites (tertiary alicyclic amines) is 1. The summed E-state index contributed by atoms with van der Waals surface area (Å²) in [5.74, 6) is 0.263. The summed E-state index contributed by atoms with van der Waals surface area (Å²) >= 11 is 0. The van der Waals surface area contributed by atoms with Crippen LogP contribution in [0, 0.1) is 0 Å². The van der Waals surface area contributed by atoms with Gasteiger partial charge < -0.3 is 15.0 Å². The van der Waals surface area contributed by atoms with E-state index in [4.69, 9.17) is 4.74 Å². The van der Waals surface area contributed by atoms with Crippen LogP contribution in [0.15, 0.2) is 30.3 Å². The van der Waals surface area contributed by atoms with Gasteiger partial charge >= 0.3 is 0 Å². The summed E-state index contributed by atoms with van der Waals surface area (Å²) in [5, 5.41) is 3.42. The van der Waals surface area contributed by atoms with E-state index >= 15 is 0 Å². The van der Waals surface area contributed by atoms with E-state index in [1.807, 2.05) is 23.1 Å². The third-order valence-corrected chi connectivity index (χ3v) is 3.72. The van der Waals surface area contributed by atoms with E-state index in [0.717, 1.165) is 25.9 Å². The van der Waals surface area contributed by atoms with Crippen LogP contribution in [-0.2, 0) is 9.53 Å². The van der Waals surface area contributed by atoms with E-state index in [9.17, 15) is 4.79 Å². The molecule has 1 fully saturated rings. The highest BCUT2D eigenvalue weighted by Gasteiger charge is 2.18. The summed E-state index contributed by atoms with van der Waals surface area (Å²) in [6.07, 6.45) is 2.86. The van der Waals surface area contributed by atoms with Gasteiger partial charge in [-0.05, 0) is 18.4 Å². The highest BCUT2D eigenvalue weighted by molar-refractivity contribution is 5.76. The van der Waals surface area contributed by atoms with Crippen LogP contribution in [0.25, 0.3) is 0 Å². The second-order valence-corrected chi connectivity index (χ2v) is 5.21. The fraction of sp³-hybridized carbons (Fsp3) is 0.562. The molecule has 0 saturated carbocycles. The summed E-state index contributed by atoms with van der Waals surface area (Å²) in [6, 6.07) is 10.4. The Morgan fingerprint density at radius 1 is 1.30 bits per heavy atom. The molecule has 1 heterocycles. The van der Waals surface area contributed by atoms with Gasteiger partial charge in [0.05, 0.1) is 12.6 Å². The highest BCUT2D eigenvalue weighted by atomic mass is 16.5. The average molecular weight is 276 g/mol. The summed E-state index contributed by atoms with van der Waals surface area (Å²) in [5.41, 5.74) is 1.20. The molecule has 4 heteroatoms. The molecule has 1 aliphatic heterocycles. The largest absolute Gasteiger partial charge is 0.383 e. The lowest BCUT2D eigenvalue weighted by atomic mass is 10.1. The van der Waals surface area contributed by atoms with Crippen molar-refractivity contribution in [2.45, 2.75) is 25.3 Å². The molecule has 20 heavy (non-hydrogen) atoms.